The maximum Gasteiger partial charge on any atom is 0.149 e. The van der Waals surface area contributed by atoms with Crippen molar-refractivity contribution in [2.45, 2.75) is 54.4 Å². The first-order valence-corrected chi connectivity index (χ1v) is 9.64. The van der Waals surface area contributed by atoms with Crippen molar-refractivity contribution in [1.29, 1.82) is 0 Å². The van der Waals surface area contributed by atoms with Crippen molar-refractivity contribution in [1.82, 2.24) is 9.80 Å². The third-order valence-electron chi connectivity index (χ3n) is 4.37. The molecule has 26 heavy (non-hydrogen) atoms. The van der Waals surface area contributed by atoms with Gasteiger partial charge in [0.2, 0.25) is 0 Å². The molecule has 0 rings (SSSR count). The van der Waals surface area contributed by atoms with Gasteiger partial charge in [0.15, 0.2) is 0 Å². The number of carbonyl (C=O) groups excluding carboxylic acids is 4. The summed E-state index contributed by atoms with van der Waals surface area (Å²) in [5, 5.41) is 0. The van der Waals surface area contributed by atoms with Gasteiger partial charge in [-0.1, -0.05) is 41.5 Å². The average molecular weight is 369 g/mol. The van der Waals surface area contributed by atoms with E-state index in [9.17, 15) is 19.2 Å². The third-order valence-corrected chi connectivity index (χ3v) is 4.37. The van der Waals surface area contributed by atoms with Gasteiger partial charge in [-0.25, -0.2) is 0 Å². The maximum absolute atomic E-state index is 12.1. The molecular weight excluding hydrogens is 332 g/mol. The van der Waals surface area contributed by atoms with Gasteiger partial charge < -0.3 is 0 Å². The standard InChI is InChI=1S/C20H36N2O4/c1-7-17(23)11-21(13-19(25)15(3)4)9-10-22(12-18(24)8-2)14-20(26)16(5)6/h15-16H,7-14H2,1-6H3. The van der Waals surface area contributed by atoms with Crippen LogP contribution in [0.4, 0.5) is 0 Å². The minimum atomic E-state index is -0.0884. The Labute approximate surface area is 158 Å². The number of Topliss-reactive ketones (excluding diaryl/α,β-unsaturated/α-hetero) is 4. The van der Waals surface area contributed by atoms with E-state index in [0.717, 1.165) is 0 Å². The van der Waals surface area contributed by atoms with Gasteiger partial charge in [-0.15, -0.1) is 0 Å². The number of carbonyl (C=O) groups is 4. The second kappa shape index (κ2) is 12.9. The predicted molar refractivity (Wildman–Crippen MR) is 103 cm³/mol. The zero-order valence-corrected chi connectivity index (χ0v) is 17.3. The Bertz CT molecular complexity index is 442. The summed E-state index contributed by atoms with van der Waals surface area (Å²) in [7, 11) is 0. The van der Waals surface area contributed by atoms with E-state index in [1.807, 2.05) is 37.5 Å². The molecule has 0 spiro atoms. The van der Waals surface area contributed by atoms with Crippen LogP contribution >= 0.6 is 0 Å². The molecule has 150 valence electrons. The van der Waals surface area contributed by atoms with Crippen LogP contribution in [0.3, 0.4) is 0 Å². The Morgan fingerprint density at radius 3 is 1.15 bits per heavy atom. The Morgan fingerprint density at radius 1 is 0.615 bits per heavy atom. The van der Waals surface area contributed by atoms with E-state index in [1.54, 1.807) is 13.8 Å². The lowest BCUT2D eigenvalue weighted by atomic mass is 10.1. The number of ketones is 4. The monoisotopic (exact) mass is 368 g/mol. The topological polar surface area (TPSA) is 74.8 Å². The highest BCUT2D eigenvalue weighted by molar-refractivity contribution is 5.85. The second-order valence-corrected chi connectivity index (χ2v) is 7.45. The second-order valence-electron chi connectivity index (χ2n) is 7.45. The lowest BCUT2D eigenvalue weighted by molar-refractivity contribution is -0.127. The quantitative estimate of drug-likeness (QED) is 0.440. The van der Waals surface area contributed by atoms with Crippen LogP contribution in [-0.4, -0.2) is 72.2 Å². The highest BCUT2D eigenvalue weighted by atomic mass is 16.1. The van der Waals surface area contributed by atoms with Crippen LogP contribution in [0.2, 0.25) is 0 Å². The van der Waals surface area contributed by atoms with Crippen LogP contribution in [-0.2, 0) is 19.2 Å². The molecule has 0 aliphatic carbocycles. The van der Waals surface area contributed by atoms with Crippen LogP contribution in [0.15, 0.2) is 0 Å². The summed E-state index contributed by atoms with van der Waals surface area (Å²) in [5.74, 6) is 0.155. The molecule has 0 N–H and O–H groups in total. The molecule has 0 amide bonds. The van der Waals surface area contributed by atoms with Crippen molar-refractivity contribution in [2.75, 3.05) is 39.3 Å². The molecule has 0 atom stereocenters. The maximum atomic E-state index is 12.1. The Kier molecular flexibility index (Phi) is 12.2. The van der Waals surface area contributed by atoms with Crippen LogP contribution in [0.1, 0.15) is 54.4 Å². The minimum absolute atomic E-state index is 0.0796. The molecule has 0 aromatic rings. The Hall–Kier alpha value is -1.40. The third kappa shape index (κ3) is 10.6. The highest BCUT2D eigenvalue weighted by Gasteiger charge is 2.20. The van der Waals surface area contributed by atoms with Crippen LogP contribution < -0.4 is 0 Å². The van der Waals surface area contributed by atoms with Crippen molar-refractivity contribution < 1.29 is 19.2 Å². The molecule has 0 aliphatic heterocycles. The highest BCUT2D eigenvalue weighted by Crippen LogP contribution is 2.03. The van der Waals surface area contributed by atoms with E-state index < -0.39 is 0 Å². The average Bonchev–Trinajstić information content (AvgIpc) is 2.58. The van der Waals surface area contributed by atoms with Crippen LogP contribution in [0.5, 0.6) is 0 Å². The minimum Gasteiger partial charge on any atom is -0.298 e. The largest absolute Gasteiger partial charge is 0.298 e. The fourth-order valence-corrected chi connectivity index (χ4v) is 2.24. The lowest BCUT2D eigenvalue weighted by Crippen LogP contribution is -2.44. The molecule has 0 aromatic heterocycles. The number of nitrogens with zero attached hydrogens (tertiary/aromatic N) is 2. The summed E-state index contributed by atoms with van der Waals surface area (Å²) in [6.45, 7) is 12.8. The molecule has 0 radical (unpaired) electrons. The van der Waals surface area contributed by atoms with Crippen LogP contribution in [0, 0.1) is 11.8 Å². The normalized spacial score (nSPS) is 11.6. The number of hydrogen-bond donors (Lipinski definition) is 0. The van der Waals surface area contributed by atoms with E-state index in [-0.39, 0.29) is 61.1 Å². The molecule has 0 aromatic carbocycles. The van der Waals surface area contributed by atoms with Gasteiger partial charge in [0.25, 0.3) is 0 Å². The summed E-state index contributed by atoms with van der Waals surface area (Å²) in [5.41, 5.74) is 0. The first kappa shape index (κ1) is 24.6. The van der Waals surface area contributed by atoms with Crippen molar-refractivity contribution in [3.63, 3.8) is 0 Å². The summed E-state index contributed by atoms with van der Waals surface area (Å²) >= 11 is 0. The SMILES string of the molecule is CCC(=O)CN(CCN(CC(=O)CC)CC(=O)C(C)C)CC(=O)C(C)C. The zero-order valence-electron chi connectivity index (χ0n) is 17.3. The molecular formula is C20H36N2O4. The Morgan fingerprint density at radius 2 is 0.923 bits per heavy atom. The van der Waals surface area contributed by atoms with E-state index in [0.29, 0.717) is 25.9 Å². The molecule has 0 saturated heterocycles. The predicted octanol–water partition coefficient (Wildman–Crippen LogP) is 2.00. The number of hydrogen-bond acceptors (Lipinski definition) is 6. The van der Waals surface area contributed by atoms with Crippen molar-refractivity contribution in [3.05, 3.63) is 0 Å². The van der Waals surface area contributed by atoms with E-state index in [1.165, 1.54) is 0 Å². The van der Waals surface area contributed by atoms with Crippen LogP contribution in [0.25, 0.3) is 0 Å². The molecule has 0 bridgehead atoms. The van der Waals surface area contributed by atoms with Gasteiger partial charge >= 0.3 is 0 Å². The fraction of sp³-hybridized carbons (Fsp3) is 0.800. The molecule has 0 heterocycles. The van der Waals surface area contributed by atoms with Gasteiger partial charge in [-0.05, 0) is 0 Å². The van der Waals surface area contributed by atoms with E-state index >= 15 is 0 Å². The molecule has 6 nitrogen and oxygen atoms in total. The summed E-state index contributed by atoms with van der Waals surface area (Å²) in [6, 6.07) is 0. The van der Waals surface area contributed by atoms with Gasteiger partial charge in [0.05, 0.1) is 26.2 Å². The fourth-order valence-electron chi connectivity index (χ4n) is 2.24. The molecule has 0 saturated carbocycles. The number of rotatable bonds is 15. The summed E-state index contributed by atoms with van der Waals surface area (Å²) < 4.78 is 0. The lowest BCUT2D eigenvalue weighted by Gasteiger charge is -2.27. The first-order valence-electron chi connectivity index (χ1n) is 9.64. The van der Waals surface area contributed by atoms with Gasteiger partial charge in [0.1, 0.15) is 23.1 Å². The molecule has 6 heteroatoms. The zero-order chi connectivity index (χ0) is 20.3. The van der Waals surface area contributed by atoms with Gasteiger partial charge in [-0.2, -0.15) is 0 Å². The molecule has 0 fully saturated rings. The first-order chi connectivity index (χ1) is 12.1. The van der Waals surface area contributed by atoms with E-state index in [4.69, 9.17) is 0 Å². The smallest absolute Gasteiger partial charge is 0.149 e. The molecule has 0 aliphatic rings. The van der Waals surface area contributed by atoms with Gasteiger partial charge in [0, 0.05) is 37.8 Å². The van der Waals surface area contributed by atoms with Crippen molar-refractivity contribution in [3.8, 4) is 0 Å². The molecule has 0 unspecified atom stereocenters. The van der Waals surface area contributed by atoms with Crippen molar-refractivity contribution in [2.24, 2.45) is 11.8 Å². The van der Waals surface area contributed by atoms with E-state index in [2.05, 4.69) is 0 Å². The Balaban J connectivity index is 4.97. The summed E-state index contributed by atoms with van der Waals surface area (Å²) in [6.07, 6.45) is 0.854. The van der Waals surface area contributed by atoms with Crippen molar-refractivity contribution >= 4 is 23.1 Å². The van der Waals surface area contributed by atoms with Gasteiger partial charge in [-0.3, -0.25) is 29.0 Å². The summed E-state index contributed by atoms with van der Waals surface area (Å²) in [4.78, 5) is 51.5.